The molecule has 7 nitrogen and oxygen atoms in total. The normalized spacial score (nSPS) is 29.3. The number of aliphatic hydroxyl groups is 1. The number of unbranched alkanes of at least 4 members (excludes halogenated alkanes) is 3. The van der Waals surface area contributed by atoms with Gasteiger partial charge in [0.1, 0.15) is 12.6 Å². The first kappa shape index (κ1) is 28.4. The van der Waals surface area contributed by atoms with Gasteiger partial charge in [0.15, 0.2) is 0 Å². The molecule has 0 radical (unpaired) electrons. The van der Waals surface area contributed by atoms with E-state index in [1.54, 1.807) is 27.6 Å². The Bertz CT molecular complexity index is 1030. The van der Waals surface area contributed by atoms with Gasteiger partial charge in [-0.1, -0.05) is 68.8 Å². The molecule has 1 spiro atoms. The lowest BCUT2D eigenvalue weighted by atomic mass is 9.66. The second kappa shape index (κ2) is 12.5. The van der Waals surface area contributed by atoms with Gasteiger partial charge in [-0.05, 0) is 30.7 Å². The zero-order valence-electron chi connectivity index (χ0n) is 22.3. The van der Waals surface area contributed by atoms with Gasteiger partial charge >= 0.3 is 5.97 Å². The second-order valence-electron chi connectivity index (χ2n) is 10.6. The number of thioether (sulfide) groups is 1. The largest absolute Gasteiger partial charge is 0.461 e. The van der Waals surface area contributed by atoms with Gasteiger partial charge in [0.05, 0.1) is 16.6 Å². The molecule has 2 amide bonds. The summed E-state index contributed by atoms with van der Waals surface area (Å²) in [7, 11) is 0. The minimum atomic E-state index is -0.669. The number of benzene rings is 1. The molecule has 3 fully saturated rings. The van der Waals surface area contributed by atoms with Crippen molar-refractivity contribution >= 4 is 29.5 Å². The van der Waals surface area contributed by atoms with E-state index >= 15 is 0 Å². The van der Waals surface area contributed by atoms with Crippen LogP contribution in [0, 0.1) is 17.8 Å². The quantitative estimate of drug-likeness (QED) is 0.219. The Hall–Kier alpha value is -2.58. The number of hydrogen-bond acceptors (Lipinski definition) is 6. The number of esters is 1. The minimum absolute atomic E-state index is 0.0414. The standard InChI is InChI=1S/C30H40N2O5S/c1-4-15-31(20-22-13-9-8-10-14-22)28(35)26-30-21(3)19-23(38-30)24(29(36)37-18-5-2)25(30)27(34)32(26)16-11-6-7-12-17-33/h4-5,8-10,13-14,21,23-26,33H,1-2,6-7,11-12,15-20H2,3H3/t21?,23-,24+,25-,26?,30?/m0/s1. The number of ether oxygens (including phenoxy) is 1. The molecule has 38 heavy (non-hydrogen) atoms. The third-order valence-corrected chi connectivity index (χ3v) is 10.4. The predicted octanol–water partition coefficient (Wildman–Crippen LogP) is 3.82. The Morgan fingerprint density at radius 2 is 1.92 bits per heavy atom. The van der Waals surface area contributed by atoms with Crippen LogP contribution in [0.4, 0.5) is 0 Å². The highest BCUT2D eigenvalue weighted by molar-refractivity contribution is 8.02. The number of aliphatic hydroxyl groups excluding tert-OH is 1. The molecule has 4 rings (SSSR count). The number of nitrogens with zero attached hydrogens (tertiary/aromatic N) is 2. The van der Waals surface area contributed by atoms with Crippen molar-refractivity contribution in [1.29, 1.82) is 0 Å². The highest BCUT2D eigenvalue weighted by Crippen LogP contribution is 2.68. The van der Waals surface area contributed by atoms with Crippen molar-refractivity contribution in [1.82, 2.24) is 9.80 Å². The summed E-state index contributed by atoms with van der Waals surface area (Å²) in [6.45, 7) is 11.2. The molecule has 3 aliphatic rings. The molecule has 206 valence electrons. The molecule has 8 heteroatoms. The predicted molar refractivity (Wildman–Crippen MR) is 149 cm³/mol. The maximum atomic E-state index is 14.5. The Labute approximate surface area is 230 Å². The smallest absolute Gasteiger partial charge is 0.311 e. The SMILES string of the molecule is C=CCOC(=O)[C@@H]1[C@@H]2CC(C)C3(S2)C(C(=O)N(CC=C)Cc2ccccc2)N(CCCCCCO)C(=O)[C@H]13. The molecular weight excluding hydrogens is 500 g/mol. The minimum Gasteiger partial charge on any atom is -0.461 e. The first-order chi connectivity index (χ1) is 18.4. The fourth-order valence-electron chi connectivity index (χ4n) is 6.66. The number of amides is 2. The van der Waals surface area contributed by atoms with Crippen molar-refractivity contribution in [3.8, 4) is 0 Å². The Morgan fingerprint density at radius 3 is 2.61 bits per heavy atom. The molecular formula is C30H40N2O5S. The van der Waals surface area contributed by atoms with Crippen molar-refractivity contribution < 1.29 is 24.2 Å². The lowest BCUT2D eigenvalue weighted by Gasteiger charge is -2.40. The van der Waals surface area contributed by atoms with Gasteiger partial charge in [0.2, 0.25) is 11.8 Å². The maximum Gasteiger partial charge on any atom is 0.311 e. The van der Waals surface area contributed by atoms with Crippen LogP contribution in [-0.4, -0.2) is 75.0 Å². The van der Waals surface area contributed by atoms with E-state index in [2.05, 4.69) is 20.1 Å². The summed E-state index contributed by atoms with van der Waals surface area (Å²) >= 11 is 1.67. The first-order valence-electron chi connectivity index (χ1n) is 13.7. The van der Waals surface area contributed by atoms with Crippen LogP contribution in [0.5, 0.6) is 0 Å². The fourth-order valence-corrected chi connectivity index (χ4v) is 9.06. The summed E-state index contributed by atoms with van der Waals surface area (Å²) in [6, 6.07) is 9.19. The zero-order chi connectivity index (χ0) is 27.3. The van der Waals surface area contributed by atoms with Gasteiger partial charge in [-0.3, -0.25) is 14.4 Å². The number of rotatable bonds is 14. The van der Waals surface area contributed by atoms with Gasteiger partial charge in [0.25, 0.3) is 0 Å². The molecule has 0 saturated carbocycles. The van der Waals surface area contributed by atoms with Crippen molar-refractivity contribution in [2.75, 3.05) is 26.3 Å². The van der Waals surface area contributed by atoms with E-state index in [-0.39, 0.29) is 42.2 Å². The van der Waals surface area contributed by atoms with Gasteiger partial charge < -0.3 is 19.6 Å². The summed E-state index contributed by atoms with van der Waals surface area (Å²) in [5.74, 6) is -1.58. The van der Waals surface area contributed by atoms with Crippen LogP contribution in [0.25, 0.3) is 0 Å². The van der Waals surface area contributed by atoms with Gasteiger partial charge in [-0.25, -0.2) is 0 Å². The zero-order valence-corrected chi connectivity index (χ0v) is 23.1. The molecule has 3 saturated heterocycles. The van der Waals surface area contributed by atoms with E-state index in [9.17, 15) is 14.4 Å². The molecule has 3 aliphatic heterocycles. The molecule has 6 atom stereocenters. The molecule has 0 aliphatic carbocycles. The highest BCUT2D eigenvalue weighted by Gasteiger charge is 2.76. The van der Waals surface area contributed by atoms with Crippen LogP contribution < -0.4 is 0 Å². The third kappa shape index (κ3) is 5.17. The van der Waals surface area contributed by atoms with Gasteiger partial charge in [0, 0.05) is 31.5 Å². The Kier molecular flexibility index (Phi) is 9.36. The topological polar surface area (TPSA) is 87.2 Å². The number of fused-ring (bicyclic) bond motifs is 1. The summed E-state index contributed by atoms with van der Waals surface area (Å²) in [4.78, 5) is 45.3. The summed E-state index contributed by atoms with van der Waals surface area (Å²) < 4.78 is 4.80. The van der Waals surface area contributed by atoms with E-state index in [4.69, 9.17) is 9.84 Å². The van der Waals surface area contributed by atoms with Crippen molar-refractivity contribution in [2.24, 2.45) is 17.8 Å². The van der Waals surface area contributed by atoms with Crippen molar-refractivity contribution in [3.05, 3.63) is 61.2 Å². The van der Waals surface area contributed by atoms with E-state index in [0.717, 1.165) is 37.7 Å². The fraction of sp³-hybridized carbons (Fsp3) is 0.567. The van der Waals surface area contributed by atoms with E-state index in [1.807, 2.05) is 30.3 Å². The molecule has 3 heterocycles. The van der Waals surface area contributed by atoms with Crippen LogP contribution in [-0.2, 0) is 25.7 Å². The lowest BCUT2D eigenvalue weighted by molar-refractivity contribution is -0.153. The van der Waals surface area contributed by atoms with Crippen LogP contribution in [0.2, 0.25) is 0 Å². The van der Waals surface area contributed by atoms with Crippen LogP contribution >= 0.6 is 11.8 Å². The second-order valence-corrected chi connectivity index (χ2v) is 12.2. The molecule has 1 aromatic rings. The maximum absolute atomic E-state index is 14.5. The number of likely N-dealkylation sites (tertiary alicyclic amines) is 1. The molecule has 2 bridgehead atoms. The van der Waals surface area contributed by atoms with Gasteiger partial charge in [-0.2, -0.15) is 0 Å². The van der Waals surface area contributed by atoms with Crippen LogP contribution in [0.3, 0.4) is 0 Å². The summed E-state index contributed by atoms with van der Waals surface area (Å²) in [5, 5.41) is 9.10. The Balaban J connectivity index is 1.68. The average Bonchev–Trinajstić information content (AvgIpc) is 3.51. The molecule has 3 unspecified atom stereocenters. The third-order valence-electron chi connectivity index (χ3n) is 8.28. The number of carbonyl (C=O) groups is 3. The van der Waals surface area contributed by atoms with E-state index in [1.165, 1.54) is 6.08 Å². The molecule has 1 N–H and O–H groups in total. The number of hydrogen-bond donors (Lipinski definition) is 1. The van der Waals surface area contributed by atoms with Crippen molar-refractivity contribution in [2.45, 2.75) is 61.6 Å². The Morgan fingerprint density at radius 1 is 1.18 bits per heavy atom. The lowest BCUT2D eigenvalue weighted by Crippen LogP contribution is -2.57. The van der Waals surface area contributed by atoms with E-state index < -0.39 is 22.6 Å². The van der Waals surface area contributed by atoms with Gasteiger partial charge in [-0.15, -0.1) is 18.3 Å². The van der Waals surface area contributed by atoms with E-state index in [0.29, 0.717) is 19.6 Å². The number of carbonyl (C=O) groups excluding carboxylic acids is 3. The average molecular weight is 541 g/mol. The first-order valence-corrected chi connectivity index (χ1v) is 14.6. The monoisotopic (exact) mass is 540 g/mol. The van der Waals surface area contributed by atoms with Crippen LogP contribution in [0.15, 0.2) is 55.6 Å². The van der Waals surface area contributed by atoms with Crippen LogP contribution in [0.1, 0.15) is 44.6 Å². The molecule has 1 aromatic carbocycles. The molecule has 0 aromatic heterocycles. The summed E-state index contributed by atoms with van der Waals surface area (Å²) in [5.41, 5.74) is 1.01. The van der Waals surface area contributed by atoms with Crippen molar-refractivity contribution in [3.63, 3.8) is 0 Å². The highest BCUT2D eigenvalue weighted by atomic mass is 32.2. The summed E-state index contributed by atoms with van der Waals surface area (Å²) in [6.07, 6.45) is 7.23.